The minimum atomic E-state index is 0.0819. The third-order valence-corrected chi connectivity index (χ3v) is 4.12. The predicted octanol–water partition coefficient (Wildman–Crippen LogP) is 1.45. The number of nitrogens with zero attached hydrogens (tertiary/aromatic N) is 1. The molecule has 0 amide bonds. The van der Waals surface area contributed by atoms with Crippen molar-refractivity contribution in [1.29, 1.82) is 0 Å². The largest absolute Gasteiger partial charge is 0.324 e. The van der Waals surface area contributed by atoms with Gasteiger partial charge in [-0.3, -0.25) is 4.90 Å². The molecule has 1 heterocycles. The Balaban J connectivity index is 1.91. The van der Waals surface area contributed by atoms with E-state index in [-0.39, 0.29) is 5.54 Å². The molecule has 0 spiro atoms. The molecular weight excluding hydrogens is 160 g/mol. The average molecular weight is 182 g/mol. The van der Waals surface area contributed by atoms with E-state index >= 15 is 0 Å². The second kappa shape index (κ2) is 2.96. The zero-order valence-electron chi connectivity index (χ0n) is 9.09. The Kier molecular flexibility index (Phi) is 2.16. The Morgan fingerprint density at radius 2 is 2.08 bits per heavy atom. The molecule has 13 heavy (non-hydrogen) atoms. The molecule has 2 rings (SSSR count). The van der Waals surface area contributed by atoms with Crippen LogP contribution >= 0.6 is 0 Å². The zero-order chi connectivity index (χ0) is 9.64. The van der Waals surface area contributed by atoms with Crippen LogP contribution in [0.1, 0.15) is 33.6 Å². The number of hydrogen-bond acceptors (Lipinski definition) is 2. The maximum absolute atomic E-state index is 6.12. The van der Waals surface area contributed by atoms with Crippen LogP contribution in [0.5, 0.6) is 0 Å². The highest BCUT2D eigenvalue weighted by atomic mass is 15.2. The van der Waals surface area contributed by atoms with E-state index in [0.29, 0.717) is 0 Å². The lowest BCUT2D eigenvalue weighted by molar-refractivity contribution is 0.0357. The van der Waals surface area contributed by atoms with Crippen LogP contribution in [0, 0.1) is 11.8 Å². The topological polar surface area (TPSA) is 29.3 Å². The second-order valence-corrected chi connectivity index (χ2v) is 5.51. The van der Waals surface area contributed by atoms with Gasteiger partial charge in [0.15, 0.2) is 0 Å². The van der Waals surface area contributed by atoms with E-state index < -0.39 is 0 Å². The summed E-state index contributed by atoms with van der Waals surface area (Å²) in [4.78, 5) is 2.60. The zero-order valence-corrected chi connectivity index (χ0v) is 9.09. The van der Waals surface area contributed by atoms with E-state index in [1.54, 1.807) is 0 Å². The normalized spacial score (nSPS) is 52.2. The van der Waals surface area contributed by atoms with E-state index in [2.05, 4.69) is 25.7 Å². The van der Waals surface area contributed by atoms with Crippen LogP contribution in [-0.2, 0) is 0 Å². The van der Waals surface area contributed by atoms with Gasteiger partial charge in [0.25, 0.3) is 0 Å². The number of nitrogens with two attached hydrogens (primary N) is 1. The molecule has 1 aliphatic carbocycles. The van der Waals surface area contributed by atoms with Crippen LogP contribution < -0.4 is 5.73 Å². The summed E-state index contributed by atoms with van der Waals surface area (Å²) in [5, 5.41) is 0. The number of likely N-dealkylation sites (tertiary alicyclic amines) is 1. The van der Waals surface area contributed by atoms with Gasteiger partial charge in [-0.25, -0.2) is 0 Å². The van der Waals surface area contributed by atoms with E-state index in [1.165, 1.54) is 19.4 Å². The molecule has 1 aliphatic heterocycles. The Morgan fingerprint density at radius 1 is 1.38 bits per heavy atom. The smallest absolute Gasteiger partial charge is 0.0267 e. The molecule has 4 unspecified atom stereocenters. The van der Waals surface area contributed by atoms with Gasteiger partial charge in [0.05, 0.1) is 0 Å². The first-order valence-electron chi connectivity index (χ1n) is 5.52. The molecule has 2 fully saturated rings. The van der Waals surface area contributed by atoms with E-state index in [9.17, 15) is 0 Å². The maximum atomic E-state index is 6.12. The van der Waals surface area contributed by atoms with Gasteiger partial charge >= 0.3 is 0 Å². The fourth-order valence-electron chi connectivity index (χ4n) is 2.78. The van der Waals surface area contributed by atoms with Crippen LogP contribution in [-0.4, -0.2) is 29.6 Å². The van der Waals surface area contributed by atoms with Crippen molar-refractivity contribution in [3.63, 3.8) is 0 Å². The monoisotopic (exact) mass is 182 g/mol. The minimum absolute atomic E-state index is 0.0819. The van der Waals surface area contributed by atoms with Crippen LogP contribution in [0.15, 0.2) is 0 Å². The summed E-state index contributed by atoms with van der Waals surface area (Å²) in [6.07, 6.45) is 2.56. The lowest BCUT2D eigenvalue weighted by atomic mass is 9.71. The van der Waals surface area contributed by atoms with Crippen LogP contribution in [0.4, 0.5) is 0 Å². The fourth-order valence-corrected chi connectivity index (χ4v) is 2.78. The highest BCUT2D eigenvalue weighted by Crippen LogP contribution is 2.39. The molecule has 0 aromatic heterocycles. The molecule has 2 aliphatic rings. The first-order chi connectivity index (χ1) is 5.99. The molecule has 0 bridgehead atoms. The van der Waals surface area contributed by atoms with Gasteiger partial charge < -0.3 is 5.73 Å². The molecule has 1 saturated carbocycles. The standard InChI is InChI=1S/C11H22N2/c1-8-6-10(9(8)2)13-5-4-11(3,12)7-13/h8-10H,4-7,12H2,1-3H3. The number of rotatable bonds is 1. The summed E-state index contributed by atoms with van der Waals surface area (Å²) in [6.45, 7) is 9.24. The Bertz CT molecular complexity index is 200. The lowest BCUT2D eigenvalue weighted by Gasteiger charge is -2.46. The Labute approximate surface area is 81.5 Å². The van der Waals surface area contributed by atoms with Crippen molar-refractivity contribution in [3.05, 3.63) is 0 Å². The number of hydrogen-bond donors (Lipinski definition) is 1. The predicted molar refractivity (Wildman–Crippen MR) is 55.5 cm³/mol. The Morgan fingerprint density at radius 3 is 2.46 bits per heavy atom. The van der Waals surface area contributed by atoms with E-state index in [1.807, 2.05) is 0 Å². The maximum Gasteiger partial charge on any atom is 0.0267 e. The SMILES string of the molecule is CC1CC(N2CCC(C)(N)C2)C1C. The first kappa shape index (κ1) is 9.47. The van der Waals surface area contributed by atoms with E-state index in [0.717, 1.165) is 24.4 Å². The van der Waals surface area contributed by atoms with Crippen LogP contribution in [0.3, 0.4) is 0 Å². The van der Waals surface area contributed by atoms with Crippen LogP contribution in [0.2, 0.25) is 0 Å². The quantitative estimate of drug-likeness (QED) is 0.665. The lowest BCUT2D eigenvalue weighted by Crippen LogP contribution is -2.51. The van der Waals surface area contributed by atoms with Crippen LogP contribution in [0.25, 0.3) is 0 Å². The summed E-state index contributed by atoms with van der Waals surface area (Å²) < 4.78 is 0. The van der Waals surface area contributed by atoms with Gasteiger partial charge in [0, 0.05) is 24.7 Å². The molecule has 76 valence electrons. The highest BCUT2D eigenvalue weighted by molar-refractivity contribution is 4.99. The first-order valence-corrected chi connectivity index (χ1v) is 5.52. The third-order valence-electron chi connectivity index (χ3n) is 4.12. The van der Waals surface area contributed by atoms with Crippen molar-refractivity contribution in [2.45, 2.75) is 45.2 Å². The van der Waals surface area contributed by atoms with Gasteiger partial charge in [-0.15, -0.1) is 0 Å². The molecule has 2 nitrogen and oxygen atoms in total. The molecule has 4 atom stereocenters. The summed E-state index contributed by atoms with van der Waals surface area (Å²) in [5.41, 5.74) is 6.21. The van der Waals surface area contributed by atoms with Crippen molar-refractivity contribution in [1.82, 2.24) is 4.90 Å². The molecule has 0 radical (unpaired) electrons. The van der Waals surface area contributed by atoms with Gasteiger partial charge in [-0.05, 0) is 31.6 Å². The summed E-state index contributed by atoms with van der Waals surface area (Å²) in [7, 11) is 0. The summed E-state index contributed by atoms with van der Waals surface area (Å²) in [6, 6.07) is 0.834. The highest BCUT2D eigenvalue weighted by Gasteiger charge is 2.42. The molecule has 2 heteroatoms. The average Bonchev–Trinajstić information content (AvgIpc) is 2.40. The van der Waals surface area contributed by atoms with Gasteiger partial charge in [-0.2, -0.15) is 0 Å². The fraction of sp³-hybridized carbons (Fsp3) is 1.00. The van der Waals surface area contributed by atoms with Crippen molar-refractivity contribution >= 4 is 0 Å². The van der Waals surface area contributed by atoms with Gasteiger partial charge in [0.2, 0.25) is 0 Å². The van der Waals surface area contributed by atoms with Crippen molar-refractivity contribution in [2.24, 2.45) is 17.6 Å². The molecule has 0 aromatic rings. The molecular formula is C11H22N2. The molecule has 2 N–H and O–H groups in total. The molecule has 1 saturated heterocycles. The van der Waals surface area contributed by atoms with Crippen molar-refractivity contribution in [3.8, 4) is 0 Å². The third kappa shape index (κ3) is 1.62. The molecule has 0 aromatic carbocycles. The van der Waals surface area contributed by atoms with E-state index in [4.69, 9.17) is 5.73 Å². The second-order valence-electron chi connectivity index (χ2n) is 5.51. The Hall–Kier alpha value is -0.0800. The summed E-state index contributed by atoms with van der Waals surface area (Å²) >= 11 is 0. The van der Waals surface area contributed by atoms with Crippen molar-refractivity contribution < 1.29 is 0 Å². The minimum Gasteiger partial charge on any atom is -0.324 e. The van der Waals surface area contributed by atoms with Gasteiger partial charge in [-0.1, -0.05) is 13.8 Å². The van der Waals surface area contributed by atoms with Crippen molar-refractivity contribution in [2.75, 3.05) is 13.1 Å². The summed E-state index contributed by atoms with van der Waals surface area (Å²) in [5.74, 6) is 1.81. The van der Waals surface area contributed by atoms with Gasteiger partial charge in [0.1, 0.15) is 0 Å².